The van der Waals surface area contributed by atoms with Gasteiger partial charge in [0.25, 0.3) is 0 Å². The molecule has 0 amide bonds. The third-order valence-corrected chi connectivity index (χ3v) is 10.0. The highest BCUT2D eigenvalue weighted by molar-refractivity contribution is 7.90. The van der Waals surface area contributed by atoms with E-state index in [4.69, 9.17) is 4.74 Å². The summed E-state index contributed by atoms with van der Waals surface area (Å²) in [6, 6.07) is 2.94. The zero-order valence-electron chi connectivity index (χ0n) is 20.9. The fourth-order valence-corrected chi connectivity index (χ4v) is 7.04. The summed E-state index contributed by atoms with van der Waals surface area (Å²) in [4.78, 5) is 9.68. The van der Waals surface area contributed by atoms with Crippen molar-refractivity contribution in [1.82, 2.24) is 8.87 Å². The van der Waals surface area contributed by atoms with E-state index in [0.717, 1.165) is 17.0 Å². The minimum absolute atomic E-state index is 0.0542. The maximum absolute atomic E-state index is 13.4. The van der Waals surface area contributed by atoms with Crippen LogP contribution in [0, 0.1) is 17.4 Å². The molecule has 1 aliphatic carbocycles. The van der Waals surface area contributed by atoms with Crippen molar-refractivity contribution in [2.45, 2.75) is 57.0 Å². The molecular formula is C24H28F3N5O3S2. The third-order valence-electron chi connectivity index (χ3n) is 6.27. The number of hydrogen-bond acceptors (Lipinski definition) is 6. The molecule has 200 valence electrons. The molecule has 0 radical (unpaired) electrons. The van der Waals surface area contributed by atoms with Gasteiger partial charge in [-0.05, 0) is 36.5 Å². The van der Waals surface area contributed by atoms with E-state index in [2.05, 4.69) is 9.98 Å². The summed E-state index contributed by atoms with van der Waals surface area (Å²) < 4.78 is 73.8. The Morgan fingerprint density at radius 3 is 2.46 bits per heavy atom. The molecule has 2 heterocycles. The molecule has 37 heavy (non-hydrogen) atoms. The van der Waals surface area contributed by atoms with Crippen molar-refractivity contribution in [2.24, 2.45) is 15.9 Å². The van der Waals surface area contributed by atoms with E-state index in [1.807, 2.05) is 31.5 Å². The number of benzene rings is 1. The number of rotatable bonds is 6. The fourth-order valence-electron chi connectivity index (χ4n) is 3.99. The molecule has 1 aromatic carbocycles. The van der Waals surface area contributed by atoms with Gasteiger partial charge in [0.15, 0.2) is 10.6 Å². The summed E-state index contributed by atoms with van der Waals surface area (Å²) in [5, 5.41) is 9.04. The number of amidine groups is 1. The largest absolute Gasteiger partial charge is 0.496 e. The Hall–Kier alpha value is -2.69. The second-order valence-corrected chi connectivity index (χ2v) is 13.5. The number of thiazole rings is 1. The molecule has 2 aliphatic rings. The molecule has 2 aromatic rings. The zero-order valence-corrected chi connectivity index (χ0v) is 22.5. The Kier molecular flexibility index (Phi) is 7.31. The summed E-state index contributed by atoms with van der Waals surface area (Å²) in [5.74, 6) is -0.0350. The van der Waals surface area contributed by atoms with Crippen LogP contribution in [-0.2, 0) is 28.2 Å². The van der Waals surface area contributed by atoms with Crippen molar-refractivity contribution >= 4 is 27.2 Å². The average molecular weight is 556 g/mol. The highest BCUT2D eigenvalue weighted by Crippen LogP contribution is 2.35. The van der Waals surface area contributed by atoms with Gasteiger partial charge in [0.05, 0.1) is 23.5 Å². The van der Waals surface area contributed by atoms with Gasteiger partial charge in [-0.15, -0.1) is 11.3 Å². The van der Waals surface area contributed by atoms with E-state index in [9.17, 15) is 26.9 Å². The Morgan fingerprint density at radius 1 is 1.24 bits per heavy atom. The van der Waals surface area contributed by atoms with Gasteiger partial charge in [-0.25, -0.2) is 12.7 Å². The Balaban J connectivity index is 1.72. The van der Waals surface area contributed by atoms with Gasteiger partial charge in [0.1, 0.15) is 5.75 Å². The summed E-state index contributed by atoms with van der Waals surface area (Å²) in [7, 11) is -1.91. The van der Waals surface area contributed by atoms with Crippen LogP contribution in [0.3, 0.4) is 0 Å². The number of aromatic nitrogens is 1. The van der Waals surface area contributed by atoms with Gasteiger partial charge in [-0.3, -0.25) is 0 Å². The SMILES string of the molecule is COc1ccc(C(F)(F)F)cc1C(=NC#N)N=c1sc(C(C)(C)C)cn1CC1CN(S(=O)(=O)C2CC2)C1. The summed E-state index contributed by atoms with van der Waals surface area (Å²) >= 11 is 1.35. The Morgan fingerprint density at radius 2 is 1.92 bits per heavy atom. The fraction of sp³-hybridized carbons (Fsp3) is 0.542. The first kappa shape index (κ1) is 27.3. The van der Waals surface area contributed by atoms with Crippen molar-refractivity contribution in [1.29, 1.82) is 5.26 Å². The average Bonchev–Trinajstić information content (AvgIpc) is 3.56. The van der Waals surface area contributed by atoms with Crippen LogP contribution in [0.1, 0.15) is 49.6 Å². The minimum Gasteiger partial charge on any atom is -0.496 e. The topological polar surface area (TPSA) is 100 Å². The second kappa shape index (κ2) is 9.89. The smallest absolute Gasteiger partial charge is 0.416 e. The molecule has 1 saturated heterocycles. The maximum Gasteiger partial charge on any atom is 0.416 e. The number of alkyl halides is 3. The molecule has 4 rings (SSSR count). The Labute approximate surface area is 217 Å². The summed E-state index contributed by atoms with van der Waals surface area (Å²) in [5.41, 5.74) is -1.20. The minimum atomic E-state index is -4.60. The highest BCUT2D eigenvalue weighted by atomic mass is 32.2. The van der Waals surface area contributed by atoms with E-state index in [1.165, 1.54) is 28.8 Å². The number of hydrogen-bond donors (Lipinski definition) is 0. The number of halogens is 3. The van der Waals surface area contributed by atoms with Gasteiger partial charge >= 0.3 is 6.18 Å². The molecule has 0 spiro atoms. The van der Waals surface area contributed by atoms with Crippen LogP contribution in [0.2, 0.25) is 0 Å². The van der Waals surface area contributed by atoms with E-state index in [-0.39, 0.29) is 33.7 Å². The quantitative estimate of drug-likeness (QED) is 0.304. The molecular weight excluding hydrogens is 527 g/mol. The lowest BCUT2D eigenvalue weighted by Gasteiger charge is -2.38. The molecule has 1 aromatic heterocycles. The second-order valence-electron chi connectivity index (χ2n) is 10.3. The number of sulfonamides is 1. The summed E-state index contributed by atoms with van der Waals surface area (Å²) in [6.45, 7) is 7.38. The van der Waals surface area contributed by atoms with Crippen LogP contribution in [0.5, 0.6) is 5.75 Å². The maximum atomic E-state index is 13.4. The van der Waals surface area contributed by atoms with E-state index >= 15 is 0 Å². The Bertz CT molecular complexity index is 1420. The van der Waals surface area contributed by atoms with Crippen LogP contribution >= 0.6 is 11.3 Å². The first-order valence-corrected chi connectivity index (χ1v) is 14.0. The van der Waals surface area contributed by atoms with Gasteiger partial charge in [-0.1, -0.05) is 20.8 Å². The number of aliphatic imine (C=N–C) groups is 1. The molecule has 1 aliphatic heterocycles. The molecule has 0 unspecified atom stereocenters. The molecule has 0 N–H and O–H groups in total. The first-order chi connectivity index (χ1) is 17.2. The normalized spacial score (nSPS) is 18.5. The lowest BCUT2D eigenvalue weighted by molar-refractivity contribution is -0.137. The molecule has 0 bridgehead atoms. The third kappa shape index (κ3) is 5.91. The van der Waals surface area contributed by atoms with Crippen molar-refractivity contribution in [3.8, 4) is 11.9 Å². The van der Waals surface area contributed by atoms with Crippen LogP contribution in [0.25, 0.3) is 0 Å². The van der Waals surface area contributed by atoms with Crippen LogP contribution in [0.4, 0.5) is 13.2 Å². The van der Waals surface area contributed by atoms with Crippen molar-refractivity contribution < 1.29 is 26.3 Å². The van der Waals surface area contributed by atoms with Gasteiger partial charge in [0, 0.05) is 36.6 Å². The molecule has 1 saturated carbocycles. The predicted molar refractivity (Wildman–Crippen MR) is 134 cm³/mol. The monoisotopic (exact) mass is 555 g/mol. The van der Waals surface area contributed by atoms with Gasteiger partial charge in [0.2, 0.25) is 16.2 Å². The van der Waals surface area contributed by atoms with Crippen LogP contribution in [-0.4, -0.2) is 48.6 Å². The lowest BCUT2D eigenvalue weighted by atomic mass is 9.95. The predicted octanol–water partition coefficient (Wildman–Crippen LogP) is 4.13. The standard InChI is InChI=1S/C24H28F3N5O3S2/c1-23(2,3)20-13-31(10-15-11-32(12-15)37(33,34)17-6-7-17)22(36-20)30-21(29-14-28)18-9-16(24(25,26)27)5-8-19(18)35-4/h5,8-9,13,15,17H,6-7,10-12H2,1-4H3. The van der Waals surface area contributed by atoms with Crippen molar-refractivity contribution in [3.63, 3.8) is 0 Å². The lowest BCUT2D eigenvalue weighted by Crippen LogP contribution is -2.52. The number of nitrogens with zero attached hydrogens (tertiary/aromatic N) is 5. The molecule has 13 heteroatoms. The first-order valence-electron chi connectivity index (χ1n) is 11.7. The van der Waals surface area contributed by atoms with E-state index in [1.54, 1.807) is 6.19 Å². The van der Waals surface area contributed by atoms with Gasteiger partial charge < -0.3 is 9.30 Å². The molecule has 2 fully saturated rings. The number of nitriles is 1. The zero-order chi connectivity index (χ0) is 27.2. The van der Waals surface area contributed by atoms with Crippen molar-refractivity contribution in [2.75, 3.05) is 20.2 Å². The highest BCUT2D eigenvalue weighted by Gasteiger charge is 2.45. The molecule has 8 nitrogen and oxygen atoms in total. The van der Waals surface area contributed by atoms with Crippen LogP contribution in [0.15, 0.2) is 34.4 Å². The van der Waals surface area contributed by atoms with Gasteiger partial charge in [-0.2, -0.15) is 28.4 Å². The van der Waals surface area contributed by atoms with Crippen molar-refractivity contribution in [3.05, 3.63) is 45.2 Å². The van der Waals surface area contributed by atoms with E-state index < -0.39 is 21.8 Å². The number of methoxy groups -OCH3 is 1. The van der Waals surface area contributed by atoms with E-state index in [0.29, 0.717) is 37.3 Å². The van der Waals surface area contributed by atoms with Crippen LogP contribution < -0.4 is 9.54 Å². The summed E-state index contributed by atoms with van der Waals surface area (Å²) in [6.07, 6.45) is 0.378. The number of ether oxygens (including phenoxy) is 1. The molecule has 0 atom stereocenters.